The van der Waals surface area contributed by atoms with Crippen molar-refractivity contribution in [2.24, 2.45) is 5.73 Å². The molecule has 9 heteroatoms. The lowest BCUT2D eigenvalue weighted by molar-refractivity contribution is -0.387. The van der Waals surface area contributed by atoms with E-state index < -0.39 is 10.8 Å². The van der Waals surface area contributed by atoms with Gasteiger partial charge in [-0.05, 0) is 25.1 Å². The maximum atomic E-state index is 11.7. The van der Waals surface area contributed by atoms with Gasteiger partial charge < -0.3 is 16.4 Å². The molecule has 0 bridgehead atoms. The number of rotatable bonds is 10. The number of nitrogens with zero attached hydrogens (tertiary/aromatic N) is 1. The van der Waals surface area contributed by atoms with Crippen molar-refractivity contribution < 1.29 is 14.5 Å². The minimum atomic E-state index is -0.734. The molecule has 0 aliphatic carbocycles. The molecule has 0 heterocycles. The Labute approximate surface area is 138 Å². The van der Waals surface area contributed by atoms with Gasteiger partial charge in [0.1, 0.15) is 0 Å². The molecule has 8 nitrogen and oxygen atoms in total. The average Bonchev–Trinajstić information content (AvgIpc) is 2.52. The Morgan fingerprint density at radius 2 is 2.04 bits per heavy atom. The first-order valence-corrected chi connectivity index (χ1v) is 8.12. The van der Waals surface area contributed by atoms with E-state index in [9.17, 15) is 19.7 Å². The van der Waals surface area contributed by atoms with Crippen LogP contribution in [0.1, 0.15) is 23.7 Å². The molecule has 126 valence electrons. The second-order valence-corrected chi connectivity index (χ2v) is 5.71. The normalized spacial score (nSPS) is 10.3. The number of thioether (sulfide) groups is 1. The van der Waals surface area contributed by atoms with Crippen LogP contribution in [0, 0.1) is 10.1 Å². The van der Waals surface area contributed by atoms with E-state index >= 15 is 0 Å². The molecule has 0 atom stereocenters. The zero-order chi connectivity index (χ0) is 17.2. The summed E-state index contributed by atoms with van der Waals surface area (Å²) in [6, 6.07) is 3.96. The van der Waals surface area contributed by atoms with E-state index in [1.165, 1.54) is 12.1 Å². The first-order chi connectivity index (χ1) is 11.0. The van der Waals surface area contributed by atoms with Crippen LogP contribution >= 0.6 is 11.8 Å². The summed E-state index contributed by atoms with van der Waals surface area (Å²) in [5, 5.41) is 16.9. The molecule has 0 aliphatic heterocycles. The minimum absolute atomic E-state index is 0.0601. The van der Waals surface area contributed by atoms with Crippen LogP contribution in [0.25, 0.3) is 0 Å². The summed E-state index contributed by atoms with van der Waals surface area (Å²) >= 11 is 1.05. The van der Waals surface area contributed by atoms with Gasteiger partial charge in [-0.1, -0.05) is 6.92 Å². The summed E-state index contributed by atoms with van der Waals surface area (Å²) in [5.74, 6) is -0.881. The molecule has 0 spiro atoms. The standard InChI is InChI=1S/C14H20N4O4S/c1-2-5-16-6-7-17-13(19)9-23-12-4-3-10(14(15)20)8-11(12)18(21)22/h3-4,8,16H,2,5-7,9H2,1H3,(H2,15,20)(H,17,19). The Balaban J connectivity index is 2.55. The average molecular weight is 340 g/mol. The molecular formula is C14H20N4O4S. The lowest BCUT2D eigenvalue weighted by Gasteiger charge is -2.07. The van der Waals surface area contributed by atoms with Crippen molar-refractivity contribution in [2.45, 2.75) is 18.2 Å². The Morgan fingerprint density at radius 3 is 2.65 bits per heavy atom. The third kappa shape index (κ3) is 6.66. The van der Waals surface area contributed by atoms with Gasteiger partial charge in [0, 0.05) is 24.7 Å². The number of carbonyl (C=O) groups excluding carboxylic acids is 2. The van der Waals surface area contributed by atoms with E-state index in [4.69, 9.17) is 5.73 Å². The van der Waals surface area contributed by atoms with E-state index in [-0.39, 0.29) is 22.9 Å². The number of nitrogens with two attached hydrogens (primary N) is 1. The van der Waals surface area contributed by atoms with Crippen LogP contribution in [0.3, 0.4) is 0 Å². The number of nitro groups is 1. The number of primary amides is 1. The van der Waals surface area contributed by atoms with E-state index in [0.717, 1.165) is 30.8 Å². The van der Waals surface area contributed by atoms with Gasteiger partial charge in [-0.25, -0.2) is 0 Å². The van der Waals surface area contributed by atoms with Gasteiger partial charge in [0.15, 0.2) is 0 Å². The number of carbonyl (C=O) groups is 2. The number of benzene rings is 1. The highest BCUT2D eigenvalue weighted by Gasteiger charge is 2.17. The zero-order valence-electron chi connectivity index (χ0n) is 12.8. The Hall–Kier alpha value is -2.13. The third-order valence-corrected chi connectivity index (χ3v) is 3.91. The summed E-state index contributed by atoms with van der Waals surface area (Å²) < 4.78 is 0. The van der Waals surface area contributed by atoms with Crippen molar-refractivity contribution in [1.82, 2.24) is 10.6 Å². The van der Waals surface area contributed by atoms with Crippen molar-refractivity contribution in [1.29, 1.82) is 0 Å². The van der Waals surface area contributed by atoms with Gasteiger partial charge in [0.2, 0.25) is 11.8 Å². The summed E-state index contributed by atoms with van der Waals surface area (Å²) in [7, 11) is 0. The summed E-state index contributed by atoms with van der Waals surface area (Å²) in [4.78, 5) is 33.5. The lowest BCUT2D eigenvalue weighted by atomic mass is 10.2. The number of amides is 2. The monoisotopic (exact) mass is 340 g/mol. The van der Waals surface area contributed by atoms with E-state index in [1.807, 2.05) is 0 Å². The van der Waals surface area contributed by atoms with Crippen LogP contribution in [0.4, 0.5) is 5.69 Å². The molecule has 2 amide bonds. The quantitative estimate of drug-likeness (QED) is 0.251. The molecule has 0 aromatic heterocycles. The predicted octanol–water partition coefficient (Wildman–Crippen LogP) is 0.902. The van der Waals surface area contributed by atoms with Crippen LogP contribution in [0.5, 0.6) is 0 Å². The summed E-state index contributed by atoms with van der Waals surface area (Å²) in [5.41, 5.74) is 4.94. The molecule has 0 fully saturated rings. The van der Waals surface area contributed by atoms with Crippen LogP contribution in [-0.4, -0.2) is 42.1 Å². The van der Waals surface area contributed by atoms with Crippen LogP contribution in [-0.2, 0) is 4.79 Å². The van der Waals surface area contributed by atoms with E-state index in [1.54, 1.807) is 0 Å². The van der Waals surface area contributed by atoms with Gasteiger partial charge in [-0.3, -0.25) is 19.7 Å². The highest BCUT2D eigenvalue weighted by Crippen LogP contribution is 2.29. The second kappa shape index (κ2) is 9.80. The predicted molar refractivity (Wildman–Crippen MR) is 88.5 cm³/mol. The van der Waals surface area contributed by atoms with Gasteiger partial charge in [0.05, 0.1) is 15.6 Å². The van der Waals surface area contributed by atoms with Crippen molar-refractivity contribution in [3.8, 4) is 0 Å². The Bertz CT molecular complexity index is 580. The van der Waals surface area contributed by atoms with Gasteiger partial charge in [-0.2, -0.15) is 0 Å². The number of nitrogens with one attached hydrogen (secondary N) is 2. The van der Waals surface area contributed by atoms with E-state index in [0.29, 0.717) is 18.0 Å². The lowest BCUT2D eigenvalue weighted by Crippen LogP contribution is -2.33. The van der Waals surface area contributed by atoms with Crippen molar-refractivity contribution in [3.63, 3.8) is 0 Å². The molecule has 1 aromatic rings. The topological polar surface area (TPSA) is 127 Å². The SMILES string of the molecule is CCCNCCNC(=O)CSc1ccc(C(N)=O)cc1[N+](=O)[O-]. The maximum absolute atomic E-state index is 11.7. The van der Waals surface area contributed by atoms with Crippen LogP contribution in [0.2, 0.25) is 0 Å². The summed E-state index contributed by atoms with van der Waals surface area (Å²) in [6.07, 6.45) is 1.02. The van der Waals surface area contributed by atoms with Gasteiger partial charge in [0.25, 0.3) is 5.69 Å². The van der Waals surface area contributed by atoms with Gasteiger partial charge >= 0.3 is 0 Å². The first-order valence-electron chi connectivity index (χ1n) is 7.14. The Kier molecular flexibility index (Phi) is 8.06. The van der Waals surface area contributed by atoms with Crippen molar-refractivity contribution >= 4 is 29.3 Å². The third-order valence-electron chi connectivity index (χ3n) is 2.85. The maximum Gasteiger partial charge on any atom is 0.283 e. The fourth-order valence-corrected chi connectivity index (χ4v) is 2.56. The van der Waals surface area contributed by atoms with Crippen LogP contribution in [0.15, 0.2) is 23.1 Å². The van der Waals surface area contributed by atoms with Crippen molar-refractivity contribution in [3.05, 3.63) is 33.9 Å². The molecule has 1 rings (SSSR count). The number of hydrogen-bond acceptors (Lipinski definition) is 6. The summed E-state index contributed by atoms with van der Waals surface area (Å²) in [6.45, 7) is 4.13. The van der Waals surface area contributed by atoms with Crippen LogP contribution < -0.4 is 16.4 Å². The highest BCUT2D eigenvalue weighted by molar-refractivity contribution is 8.00. The Morgan fingerprint density at radius 1 is 1.30 bits per heavy atom. The van der Waals surface area contributed by atoms with Gasteiger partial charge in [-0.15, -0.1) is 11.8 Å². The molecule has 0 saturated heterocycles. The first kappa shape index (κ1) is 18.9. The largest absolute Gasteiger partial charge is 0.366 e. The molecular weight excluding hydrogens is 320 g/mol. The highest BCUT2D eigenvalue weighted by atomic mass is 32.2. The number of nitro benzene ring substituents is 1. The zero-order valence-corrected chi connectivity index (χ0v) is 13.6. The second-order valence-electron chi connectivity index (χ2n) is 4.69. The van der Waals surface area contributed by atoms with E-state index in [2.05, 4.69) is 17.6 Å². The number of hydrogen-bond donors (Lipinski definition) is 3. The molecule has 0 saturated carbocycles. The smallest absolute Gasteiger partial charge is 0.283 e. The molecule has 0 unspecified atom stereocenters. The molecule has 0 radical (unpaired) electrons. The minimum Gasteiger partial charge on any atom is -0.366 e. The fraction of sp³-hybridized carbons (Fsp3) is 0.429. The molecule has 0 aliphatic rings. The molecule has 4 N–H and O–H groups in total. The molecule has 23 heavy (non-hydrogen) atoms. The fourth-order valence-electron chi connectivity index (χ4n) is 1.72. The molecule has 1 aromatic carbocycles. The van der Waals surface area contributed by atoms with Crippen molar-refractivity contribution in [2.75, 3.05) is 25.4 Å².